The molecule has 0 aliphatic carbocycles. The molecule has 0 unspecified atom stereocenters. The standard InChI is InChI=1S/C13H11BrFNO4S2/c1-16-13(17)20-7-9-6-11(14)12(21-9)22(18,19)10-4-2-3-8(15)5-10/h2-6H,7H2,1H3,(H,16,17). The van der Waals surface area contributed by atoms with Gasteiger partial charge in [-0.3, -0.25) is 0 Å². The SMILES string of the molecule is CNC(=O)OCc1cc(Br)c(S(=O)(=O)c2cccc(F)c2)s1. The molecule has 0 saturated carbocycles. The van der Waals surface area contributed by atoms with Crippen molar-refractivity contribution in [3.63, 3.8) is 0 Å². The monoisotopic (exact) mass is 407 g/mol. The molecule has 5 nitrogen and oxygen atoms in total. The Balaban J connectivity index is 2.32. The molecule has 118 valence electrons. The number of carbonyl (C=O) groups excluding carboxylic acids is 1. The second-order valence-electron chi connectivity index (χ2n) is 4.14. The topological polar surface area (TPSA) is 72.5 Å². The third-order valence-electron chi connectivity index (χ3n) is 2.61. The maximum Gasteiger partial charge on any atom is 0.407 e. The quantitative estimate of drug-likeness (QED) is 0.843. The molecule has 1 aromatic carbocycles. The average Bonchev–Trinajstić information content (AvgIpc) is 2.86. The van der Waals surface area contributed by atoms with E-state index in [0.717, 1.165) is 17.4 Å². The fourth-order valence-electron chi connectivity index (χ4n) is 1.60. The number of halogens is 2. The second-order valence-corrected chi connectivity index (χ2v) is 8.27. The Hall–Kier alpha value is -1.45. The lowest BCUT2D eigenvalue weighted by Gasteiger charge is -2.03. The Kier molecular flexibility index (Phi) is 5.20. The summed E-state index contributed by atoms with van der Waals surface area (Å²) in [6.07, 6.45) is -0.612. The summed E-state index contributed by atoms with van der Waals surface area (Å²) >= 11 is 4.13. The van der Waals surface area contributed by atoms with E-state index in [2.05, 4.69) is 21.2 Å². The minimum Gasteiger partial charge on any atom is -0.444 e. The molecule has 0 spiro atoms. The van der Waals surface area contributed by atoms with Gasteiger partial charge in [-0.15, -0.1) is 11.3 Å². The highest BCUT2D eigenvalue weighted by atomic mass is 79.9. The number of hydrogen-bond acceptors (Lipinski definition) is 5. The Morgan fingerprint density at radius 1 is 1.41 bits per heavy atom. The van der Waals surface area contributed by atoms with E-state index in [-0.39, 0.29) is 15.7 Å². The summed E-state index contributed by atoms with van der Waals surface area (Å²) in [5, 5.41) is 2.29. The second kappa shape index (κ2) is 6.76. The van der Waals surface area contributed by atoms with E-state index in [4.69, 9.17) is 4.74 Å². The molecule has 1 aromatic heterocycles. The van der Waals surface area contributed by atoms with Crippen LogP contribution < -0.4 is 5.32 Å². The fourth-order valence-corrected chi connectivity index (χ4v) is 5.70. The van der Waals surface area contributed by atoms with E-state index < -0.39 is 21.7 Å². The lowest BCUT2D eigenvalue weighted by molar-refractivity contribution is 0.143. The van der Waals surface area contributed by atoms with Crippen LogP contribution in [0.2, 0.25) is 0 Å². The van der Waals surface area contributed by atoms with E-state index in [1.54, 1.807) is 6.07 Å². The van der Waals surface area contributed by atoms with Crippen molar-refractivity contribution in [3.8, 4) is 0 Å². The Morgan fingerprint density at radius 2 is 2.14 bits per heavy atom. The molecule has 9 heteroatoms. The van der Waals surface area contributed by atoms with Crippen LogP contribution >= 0.6 is 27.3 Å². The maximum absolute atomic E-state index is 13.2. The minimum absolute atomic E-state index is 0.0357. The molecule has 1 amide bonds. The van der Waals surface area contributed by atoms with Crippen molar-refractivity contribution in [2.75, 3.05) is 7.05 Å². The molecule has 22 heavy (non-hydrogen) atoms. The normalized spacial score (nSPS) is 11.2. The lowest BCUT2D eigenvalue weighted by Crippen LogP contribution is -2.18. The van der Waals surface area contributed by atoms with Crippen molar-refractivity contribution in [3.05, 3.63) is 45.5 Å². The number of thiophene rings is 1. The van der Waals surface area contributed by atoms with Crippen LogP contribution in [0.25, 0.3) is 0 Å². The Morgan fingerprint density at radius 3 is 2.77 bits per heavy atom. The number of sulfone groups is 1. The molecule has 2 rings (SSSR count). The summed E-state index contributed by atoms with van der Waals surface area (Å²) in [6, 6.07) is 6.34. The van der Waals surface area contributed by atoms with Crippen LogP contribution in [0.15, 0.2) is 43.9 Å². The molecule has 0 fully saturated rings. The maximum atomic E-state index is 13.2. The molecule has 0 aliphatic heterocycles. The van der Waals surface area contributed by atoms with Crippen LogP contribution in [0.5, 0.6) is 0 Å². The van der Waals surface area contributed by atoms with E-state index >= 15 is 0 Å². The summed E-state index contributed by atoms with van der Waals surface area (Å²) in [6.45, 7) is -0.0540. The fraction of sp³-hybridized carbons (Fsp3) is 0.154. The lowest BCUT2D eigenvalue weighted by atomic mass is 10.4. The van der Waals surface area contributed by atoms with Crippen LogP contribution in [0, 0.1) is 5.82 Å². The molecule has 0 atom stereocenters. The first kappa shape index (κ1) is 16.9. The first-order valence-electron chi connectivity index (χ1n) is 5.98. The third-order valence-corrected chi connectivity index (χ3v) is 7.15. The van der Waals surface area contributed by atoms with Gasteiger partial charge in [0.2, 0.25) is 9.84 Å². The number of alkyl carbamates (subject to hydrolysis) is 1. The third kappa shape index (κ3) is 3.65. The van der Waals surface area contributed by atoms with Crippen LogP contribution in [0.4, 0.5) is 9.18 Å². The van der Waals surface area contributed by atoms with Gasteiger partial charge in [0, 0.05) is 16.4 Å². The summed E-state index contributed by atoms with van der Waals surface area (Å²) in [7, 11) is -2.42. The predicted molar refractivity (Wildman–Crippen MR) is 83.1 cm³/mol. The average molecular weight is 408 g/mol. The highest BCUT2D eigenvalue weighted by Crippen LogP contribution is 2.35. The van der Waals surface area contributed by atoms with Crippen LogP contribution in [0.1, 0.15) is 4.88 Å². The number of benzene rings is 1. The molecule has 0 bridgehead atoms. The van der Waals surface area contributed by atoms with Gasteiger partial charge in [0.25, 0.3) is 0 Å². The highest BCUT2D eigenvalue weighted by molar-refractivity contribution is 9.10. The van der Waals surface area contributed by atoms with Gasteiger partial charge in [0.15, 0.2) is 0 Å². The number of nitrogens with one attached hydrogen (secondary N) is 1. The van der Waals surface area contributed by atoms with Gasteiger partial charge in [0.1, 0.15) is 16.6 Å². The molecular weight excluding hydrogens is 397 g/mol. The number of carbonyl (C=O) groups is 1. The van der Waals surface area contributed by atoms with Crippen LogP contribution in [-0.2, 0) is 21.2 Å². The van der Waals surface area contributed by atoms with Crippen molar-refractivity contribution in [2.24, 2.45) is 0 Å². The number of rotatable bonds is 4. The highest BCUT2D eigenvalue weighted by Gasteiger charge is 2.24. The molecule has 0 saturated heterocycles. The Labute approximate surface area is 139 Å². The molecular formula is C13H11BrFNO4S2. The van der Waals surface area contributed by atoms with Gasteiger partial charge in [-0.1, -0.05) is 6.07 Å². The van der Waals surface area contributed by atoms with Crippen molar-refractivity contribution >= 4 is 43.2 Å². The zero-order valence-corrected chi connectivity index (χ0v) is 14.5. The summed E-state index contributed by atoms with van der Waals surface area (Å²) < 4.78 is 43.5. The van der Waals surface area contributed by atoms with Crippen molar-refractivity contribution in [2.45, 2.75) is 15.7 Å². The minimum atomic E-state index is -3.84. The molecule has 0 radical (unpaired) electrons. The van der Waals surface area contributed by atoms with Crippen LogP contribution in [0.3, 0.4) is 0 Å². The summed E-state index contributed by atoms with van der Waals surface area (Å²) in [5.41, 5.74) is 0. The molecule has 1 N–H and O–H groups in total. The summed E-state index contributed by atoms with van der Waals surface area (Å²) in [5.74, 6) is -0.628. The zero-order valence-electron chi connectivity index (χ0n) is 11.3. The zero-order chi connectivity index (χ0) is 16.3. The van der Waals surface area contributed by atoms with Crippen molar-refractivity contribution < 1.29 is 22.3 Å². The molecule has 1 heterocycles. The predicted octanol–water partition coefficient (Wildman–Crippen LogP) is 3.34. The van der Waals surface area contributed by atoms with Gasteiger partial charge in [-0.2, -0.15) is 0 Å². The largest absolute Gasteiger partial charge is 0.444 e. The first-order valence-corrected chi connectivity index (χ1v) is 9.07. The smallest absolute Gasteiger partial charge is 0.407 e. The molecule has 2 aromatic rings. The van der Waals surface area contributed by atoms with E-state index in [0.29, 0.717) is 9.35 Å². The van der Waals surface area contributed by atoms with Crippen molar-refractivity contribution in [1.29, 1.82) is 0 Å². The number of ether oxygens (including phenoxy) is 1. The molecule has 0 aliphatic rings. The van der Waals surface area contributed by atoms with Gasteiger partial charge >= 0.3 is 6.09 Å². The van der Waals surface area contributed by atoms with Crippen molar-refractivity contribution in [1.82, 2.24) is 5.32 Å². The summed E-state index contributed by atoms with van der Waals surface area (Å²) in [4.78, 5) is 11.4. The number of hydrogen-bond donors (Lipinski definition) is 1. The van der Waals surface area contributed by atoms with E-state index in [1.165, 1.54) is 25.2 Å². The van der Waals surface area contributed by atoms with Gasteiger partial charge in [0.05, 0.1) is 4.90 Å². The first-order chi connectivity index (χ1) is 10.3. The van der Waals surface area contributed by atoms with Crippen LogP contribution in [-0.4, -0.2) is 21.6 Å². The van der Waals surface area contributed by atoms with E-state index in [9.17, 15) is 17.6 Å². The van der Waals surface area contributed by atoms with Gasteiger partial charge in [-0.05, 0) is 40.2 Å². The number of amides is 1. The Bertz CT molecular complexity index is 804. The van der Waals surface area contributed by atoms with Gasteiger partial charge in [-0.25, -0.2) is 17.6 Å². The van der Waals surface area contributed by atoms with E-state index in [1.807, 2.05) is 0 Å². The van der Waals surface area contributed by atoms with Gasteiger partial charge < -0.3 is 10.1 Å².